The van der Waals surface area contributed by atoms with Crippen LogP contribution in [0.2, 0.25) is 0 Å². The average Bonchev–Trinajstić information content (AvgIpc) is 2.88. The van der Waals surface area contributed by atoms with E-state index in [0.717, 1.165) is 11.6 Å². The van der Waals surface area contributed by atoms with Crippen molar-refractivity contribution in [3.63, 3.8) is 0 Å². The van der Waals surface area contributed by atoms with Crippen molar-refractivity contribution in [2.75, 3.05) is 49.1 Å². The van der Waals surface area contributed by atoms with Gasteiger partial charge in [-0.15, -0.1) is 0 Å². The van der Waals surface area contributed by atoms with Crippen LogP contribution >= 0.6 is 11.8 Å². The van der Waals surface area contributed by atoms with Crippen molar-refractivity contribution in [2.45, 2.75) is 11.3 Å². The molecule has 9 nitrogen and oxygen atoms in total. The third-order valence-electron chi connectivity index (χ3n) is 5.93. The van der Waals surface area contributed by atoms with E-state index in [4.69, 9.17) is 5.73 Å². The van der Waals surface area contributed by atoms with Gasteiger partial charge in [0.2, 0.25) is 0 Å². The maximum atomic E-state index is 13.0. The number of anilines is 2. The second-order valence-electron chi connectivity index (χ2n) is 8.23. The van der Waals surface area contributed by atoms with E-state index >= 15 is 0 Å². The minimum atomic E-state index is -4.65. The minimum absolute atomic E-state index is 0.116. The van der Waals surface area contributed by atoms with Gasteiger partial charge in [-0.2, -0.15) is 18.4 Å². The Kier molecular flexibility index (Phi) is 7.80. The van der Waals surface area contributed by atoms with Crippen molar-refractivity contribution in [3.8, 4) is 17.3 Å². The Balaban J connectivity index is 1.37. The van der Waals surface area contributed by atoms with Crippen LogP contribution in [0.15, 0.2) is 53.7 Å². The average molecular weight is 530 g/mol. The number of nitriles is 1. The zero-order valence-corrected chi connectivity index (χ0v) is 20.3. The Morgan fingerprint density at radius 1 is 1.11 bits per heavy atom. The lowest BCUT2D eigenvalue weighted by Crippen LogP contribution is -2.47. The van der Waals surface area contributed by atoms with E-state index in [1.807, 2.05) is 30.3 Å². The molecule has 0 atom stereocenters. The van der Waals surface area contributed by atoms with Gasteiger partial charge in [0.1, 0.15) is 23.1 Å². The van der Waals surface area contributed by atoms with Gasteiger partial charge in [-0.3, -0.25) is 15.0 Å². The van der Waals surface area contributed by atoms with E-state index in [2.05, 4.69) is 20.9 Å². The molecular formula is C24H22F3N7O2S. The quantitative estimate of drug-likeness (QED) is 0.205. The molecule has 0 aliphatic carbocycles. The first-order chi connectivity index (χ1) is 17.7. The fourth-order valence-corrected chi connectivity index (χ4v) is 4.88. The number of nitro benzene ring substituents is 1. The number of nitro groups is 1. The SMILES string of the molecule is N#Cc1c(N)nc(SCCN2CCN(c3ccc(C(F)(F)F)cc3[N+](=O)[O-])CC2)nc1-c1ccccc1. The number of aromatic nitrogens is 2. The number of nitrogens with two attached hydrogens (primary N) is 1. The number of halogens is 3. The predicted molar refractivity (Wildman–Crippen MR) is 134 cm³/mol. The Morgan fingerprint density at radius 3 is 2.43 bits per heavy atom. The molecule has 1 fully saturated rings. The van der Waals surface area contributed by atoms with Crippen molar-refractivity contribution in [1.29, 1.82) is 5.26 Å². The number of hydrogen-bond acceptors (Lipinski definition) is 9. The number of nitrogen functional groups attached to an aromatic ring is 1. The molecule has 1 aliphatic rings. The molecule has 0 bridgehead atoms. The number of hydrogen-bond donors (Lipinski definition) is 1. The van der Waals surface area contributed by atoms with Gasteiger partial charge in [-0.25, -0.2) is 9.97 Å². The van der Waals surface area contributed by atoms with E-state index in [9.17, 15) is 28.5 Å². The van der Waals surface area contributed by atoms with Crippen molar-refractivity contribution in [3.05, 3.63) is 69.8 Å². The summed E-state index contributed by atoms with van der Waals surface area (Å²) in [5.74, 6) is 0.755. The zero-order chi connectivity index (χ0) is 26.6. The fraction of sp³-hybridized carbons (Fsp3) is 0.292. The highest BCUT2D eigenvalue weighted by molar-refractivity contribution is 7.99. The number of rotatable bonds is 7. The van der Waals surface area contributed by atoms with Crippen LogP contribution in [0.1, 0.15) is 11.1 Å². The van der Waals surface area contributed by atoms with E-state index in [1.165, 1.54) is 17.8 Å². The highest BCUT2D eigenvalue weighted by atomic mass is 32.2. The topological polar surface area (TPSA) is 125 Å². The first-order valence-corrected chi connectivity index (χ1v) is 12.2. The van der Waals surface area contributed by atoms with Gasteiger partial charge in [0.15, 0.2) is 5.16 Å². The van der Waals surface area contributed by atoms with Crippen LogP contribution in [0.25, 0.3) is 11.3 Å². The standard InChI is InChI=1S/C24H22F3N7O2S/c25-24(26,27)17-6-7-19(20(14-17)34(35)36)33-10-8-32(9-11-33)12-13-37-23-30-21(16-4-2-1-3-5-16)18(15-28)22(29)31-23/h1-7,14H,8-13H2,(H2,29,30,31). The highest BCUT2D eigenvalue weighted by Crippen LogP contribution is 2.37. The third kappa shape index (κ3) is 6.10. The maximum absolute atomic E-state index is 13.0. The van der Waals surface area contributed by atoms with Crippen molar-refractivity contribution in [2.24, 2.45) is 0 Å². The summed E-state index contributed by atoms with van der Waals surface area (Å²) in [7, 11) is 0. The smallest absolute Gasteiger partial charge is 0.382 e. The molecule has 0 radical (unpaired) electrons. The normalized spacial score (nSPS) is 14.4. The van der Waals surface area contributed by atoms with Crippen LogP contribution in [0.3, 0.4) is 0 Å². The van der Waals surface area contributed by atoms with E-state index in [1.54, 1.807) is 4.90 Å². The number of alkyl halides is 3. The Bertz CT molecular complexity index is 1320. The summed E-state index contributed by atoms with van der Waals surface area (Å²) in [6, 6.07) is 13.9. The summed E-state index contributed by atoms with van der Waals surface area (Å²) in [5.41, 5.74) is 6.07. The van der Waals surface area contributed by atoms with Gasteiger partial charge in [-0.05, 0) is 12.1 Å². The van der Waals surface area contributed by atoms with Crippen LogP contribution in [-0.4, -0.2) is 58.3 Å². The summed E-state index contributed by atoms with van der Waals surface area (Å²) >= 11 is 1.40. The molecular weight excluding hydrogens is 507 g/mol. The van der Waals surface area contributed by atoms with Gasteiger partial charge < -0.3 is 10.6 Å². The molecule has 4 rings (SSSR count). The van der Waals surface area contributed by atoms with Crippen LogP contribution in [0.4, 0.5) is 30.4 Å². The molecule has 192 valence electrons. The van der Waals surface area contributed by atoms with Gasteiger partial charge in [0.05, 0.1) is 16.2 Å². The zero-order valence-electron chi connectivity index (χ0n) is 19.5. The molecule has 37 heavy (non-hydrogen) atoms. The van der Waals surface area contributed by atoms with E-state index in [0.29, 0.717) is 55.4 Å². The summed E-state index contributed by atoms with van der Waals surface area (Å²) < 4.78 is 39.0. The Labute approximate surface area is 214 Å². The van der Waals surface area contributed by atoms with Crippen LogP contribution in [-0.2, 0) is 6.18 Å². The molecule has 0 spiro atoms. The van der Waals surface area contributed by atoms with Gasteiger partial charge >= 0.3 is 6.18 Å². The summed E-state index contributed by atoms with van der Waals surface area (Å²) in [6.07, 6.45) is -4.65. The molecule has 2 heterocycles. The van der Waals surface area contributed by atoms with Crippen molar-refractivity contribution < 1.29 is 18.1 Å². The van der Waals surface area contributed by atoms with Gasteiger partial charge in [-0.1, -0.05) is 42.1 Å². The summed E-state index contributed by atoms with van der Waals surface area (Å²) in [4.78, 5) is 23.3. The number of benzene rings is 2. The molecule has 0 saturated carbocycles. The minimum Gasteiger partial charge on any atom is -0.382 e. The fourth-order valence-electron chi connectivity index (χ4n) is 4.03. The molecule has 1 saturated heterocycles. The van der Waals surface area contributed by atoms with Crippen LogP contribution < -0.4 is 10.6 Å². The molecule has 1 aliphatic heterocycles. The lowest BCUT2D eigenvalue weighted by Gasteiger charge is -2.35. The summed E-state index contributed by atoms with van der Waals surface area (Å²) in [6.45, 7) is 2.73. The van der Waals surface area contributed by atoms with Crippen molar-refractivity contribution in [1.82, 2.24) is 14.9 Å². The van der Waals surface area contributed by atoms with Crippen LogP contribution in [0.5, 0.6) is 0 Å². The Morgan fingerprint density at radius 2 is 1.81 bits per heavy atom. The Hall–Kier alpha value is -3.89. The molecule has 0 unspecified atom stereocenters. The third-order valence-corrected chi connectivity index (χ3v) is 6.75. The summed E-state index contributed by atoms with van der Waals surface area (Å²) in [5, 5.41) is 21.4. The van der Waals surface area contributed by atoms with E-state index in [-0.39, 0.29) is 17.1 Å². The lowest BCUT2D eigenvalue weighted by molar-refractivity contribution is -0.384. The first kappa shape index (κ1) is 26.2. The lowest BCUT2D eigenvalue weighted by atomic mass is 10.1. The molecule has 0 amide bonds. The predicted octanol–water partition coefficient (Wildman–Crippen LogP) is 4.44. The molecule has 2 N–H and O–H groups in total. The second kappa shape index (κ2) is 11.0. The molecule has 13 heteroatoms. The van der Waals surface area contributed by atoms with Gasteiger partial charge in [0.25, 0.3) is 5.69 Å². The largest absolute Gasteiger partial charge is 0.416 e. The number of nitrogens with zero attached hydrogens (tertiary/aromatic N) is 6. The second-order valence-corrected chi connectivity index (χ2v) is 9.29. The maximum Gasteiger partial charge on any atom is 0.416 e. The first-order valence-electron chi connectivity index (χ1n) is 11.3. The monoisotopic (exact) mass is 529 g/mol. The van der Waals surface area contributed by atoms with Crippen molar-refractivity contribution >= 4 is 29.0 Å². The highest BCUT2D eigenvalue weighted by Gasteiger charge is 2.34. The number of piperazine rings is 1. The van der Waals surface area contributed by atoms with E-state index < -0.39 is 22.4 Å². The molecule has 3 aromatic rings. The van der Waals surface area contributed by atoms with Gasteiger partial charge in [0, 0.05) is 50.1 Å². The molecule has 2 aromatic carbocycles. The molecule has 1 aromatic heterocycles. The number of thioether (sulfide) groups is 1. The van der Waals surface area contributed by atoms with Crippen LogP contribution in [0, 0.1) is 21.4 Å².